The molecular weight excluding hydrogens is 457 g/mol. The van der Waals surface area contributed by atoms with E-state index in [0.717, 1.165) is 38.3 Å². The van der Waals surface area contributed by atoms with Crippen molar-refractivity contribution >= 4 is 29.1 Å². The van der Waals surface area contributed by atoms with Gasteiger partial charge in [-0.05, 0) is 49.2 Å². The van der Waals surface area contributed by atoms with E-state index in [2.05, 4.69) is 45.0 Å². The number of benzene rings is 2. The topological polar surface area (TPSA) is 36.0 Å². The Morgan fingerprint density at radius 3 is 2.39 bits per heavy atom. The van der Waals surface area contributed by atoms with Gasteiger partial charge in [0.25, 0.3) is 0 Å². The number of carbonyl (C=O) groups is 1. The van der Waals surface area contributed by atoms with Crippen LogP contribution in [-0.2, 0) is 22.5 Å². The van der Waals surface area contributed by atoms with Gasteiger partial charge in [-0.25, -0.2) is 0 Å². The number of likely N-dealkylation sites (tertiary alicyclic amines) is 1. The normalized spacial score (nSPS) is 26.4. The summed E-state index contributed by atoms with van der Waals surface area (Å²) in [6.07, 6.45) is 2.78. The molecule has 3 atom stereocenters. The first-order valence-corrected chi connectivity index (χ1v) is 12.7. The van der Waals surface area contributed by atoms with Gasteiger partial charge in [0.15, 0.2) is 0 Å². The molecule has 33 heavy (non-hydrogen) atoms. The number of nitrogens with zero attached hydrogens (tertiary/aromatic N) is 3. The number of ether oxygens (including phenoxy) is 1. The van der Waals surface area contributed by atoms with Crippen molar-refractivity contribution in [2.45, 2.75) is 43.9 Å². The summed E-state index contributed by atoms with van der Waals surface area (Å²) >= 11 is 12.3. The molecule has 1 unspecified atom stereocenters. The molecular formula is C26H31Cl2N3O2. The van der Waals surface area contributed by atoms with Gasteiger partial charge in [-0.1, -0.05) is 59.6 Å². The Labute approximate surface area is 206 Å². The Balaban J connectivity index is 1.39. The van der Waals surface area contributed by atoms with Gasteiger partial charge in [0.1, 0.15) is 0 Å². The summed E-state index contributed by atoms with van der Waals surface area (Å²) < 4.78 is 6.15. The Bertz CT molecular complexity index is 967. The SMILES string of the molecule is O=C(Cc1ccc(Cl)c(Cl)c1)N1CCN(Cc2ccccc2)[C@@H]2COC[C@H](N3CCCC3)C21. The van der Waals surface area contributed by atoms with Gasteiger partial charge in [-0.3, -0.25) is 14.6 Å². The third-order valence-corrected chi connectivity index (χ3v) is 8.06. The lowest BCUT2D eigenvalue weighted by Crippen LogP contribution is -2.71. The highest BCUT2D eigenvalue weighted by atomic mass is 35.5. The minimum absolute atomic E-state index is 0.129. The molecule has 2 aromatic rings. The first-order chi connectivity index (χ1) is 16.1. The largest absolute Gasteiger partial charge is 0.378 e. The van der Waals surface area contributed by atoms with Crippen molar-refractivity contribution in [3.63, 3.8) is 0 Å². The second-order valence-electron chi connectivity index (χ2n) is 9.37. The number of amides is 1. The second kappa shape index (κ2) is 10.3. The molecule has 3 heterocycles. The van der Waals surface area contributed by atoms with Crippen LogP contribution in [0.2, 0.25) is 10.0 Å². The lowest BCUT2D eigenvalue weighted by molar-refractivity contribution is -0.153. The van der Waals surface area contributed by atoms with Crippen LogP contribution in [-0.4, -0.2) is 78.1 Å². The van der Waals surface area contributed by atoms with Gasteiger partial charge in [-0.2, -0.15) is 0 Å². The highest BCUT2D eigenvalue weighted by Crippen LogP contribution is 2.31. The Morgan fingerprint density at radius 1 is 0.879 bits per heavy atom. The summed E-state index contributed by atoms with van der Waals surface area (Å²) in [5, 5.41) is 1.01. The molecule has 3 saturated heterocycles. The molecule has 3 aliphatic rings. The summed E-state index contributed by atoms with van der Waals surface area (Å²) in [5.41, 5.74) is 2.21. The van der Waals surface area contributed by atoms with E-state index in [1.54, 1.807) is 6.07 Å². The molecule has 0 spiro atoms. The third-order valence-electron chi connectivity index (χ3n) is 7.32. The number of fused-ring (bicyclic) bond motifs is 1. The van der Waals surface area contributed by atoms with Gasteiger partial charge >= 0.3 is 0 Å². The summed E-state index contributed by atoms with van der Waals surface area (Å²) in [6, 6.07) is 16.6. The minimum Gasteiger partial charge on any atom is -0.378 e. The van der Waals surface area contributed by atoms with E-state index < -0.39 is 0 Å². The molecule has 1 amide bonds. The highest BCUT2D eigenvalue weighted by Gasteiger charge is 2.47. The first-order valence-electron chi connectivity index (χ1n) is 11.9. The Hall–Kier alpha value is -1.63. The standard InChI is InChI=1S/C26H31Cl2N3O2/c27-21-9-8-20(14-22(21)28)15-25(32)31-13-12-30(16-19-6-2-1-3-7-19)24-18-33-17-23(26(24)31)29-10-4-5-11-29/h1-3,6-9,14,23-24,26H,4-5,10-13,15-18H2/t23-,24+,26?/m0/s1. The van der Waals surface area contributed by atoms with Crippen molar-refractivity contribution in [3.05, 3.63) is 69.7 Å². The molecule has 3 fully saturated rings. The van der Waals surface area contributed by atoms with Crippen molar-refractivity contribution in [2.75, 3.05) is 39.4 Å². The molecule has 0 saturated carbocycles. The highest BCUT2D eigenvalue weighted by molar-refractivity contribution is 6.42. The number of piperazine rings is 1. The zero-order chi connectivity index (χ0) is 22.8. The van der Waals surface area contributed by atoms with Crippen molar-refractivity contribution in [1.82, 2.24) is 14.7 Å². The van der Waals surface area contributed by atoms with Crippen LogP contribution >= 0.6 is 23.2 Å². The van der Waals surface area contributed by atoms with Gasteiger partial charge in [0.2, 0.25) is 5.91 Å². The number of halogens is 2. The van der Waals surface area contributed by atoms with Crippen LogP contribution in [0.3, 0.4) is 0 Å². The van der Waals surface area contributed by atoms with E-state index in [-0.39, 0.29) is 24.0 Å². The lowest BCUT2D eigenvalue weighted by Gasteiger charge is -2.54. The Kier molecular flexibility index (Phi) is 7.24. The average molecular weight is 488 g/mol. The zero-order valence-electron chi connectivity index (χ0n) is 18.8. The van der Waals surface area contributed by atoms with Crippen LogP contribution in [0.1, 0.15) is 24.0 Å². The molecule has 0 aromatic heterocycles. The van der Waals surface area contributed by atoms with Crippen molar-refractivity contribution in [2.24, 2.45) is 0 Å². The first kappa shape index (κ1) is 23.1. The fourth-order valence-electron chi connectivity index (χ4n) is 5.68. The summed E-state index contributed by atoms with van der Waals surface area (Å²) in [7, 11) is 0. The number of carbonyl (C=O) groups excluding carboxylic acids is 1. The second-order valence-corrected chi connectivity index (χ2v) is 10.2. The van der Waals surface area contributed by atoms with Crippen LogP contribution < -0.4 is 0 Å². The van der Waals surface area contributed by atoms with Crippen molar-refractivity contribution in [3.8, 4) is 0 Å². The van der Waals surface area contributed by atoms with E-state index in [1.807, 2.05) is 12.1 Å². The maximum Gasteiger partial charge on any atom is 0.227 e. The Morgan fingerprint density at radius 2 is 1.64 bits per heavy atom. The molecule has 0 aliphatic carbocycles. The molecule has 2 aromatic carbocycles. The number of hydrogen-bond donors (Lipinski definition) is 0. The van der Waals surface area contributed by atoms with E-state index in [4.69, 9.17) is 27.9 Å². The summed E-state index contributed by atoms with van der Waals surface area (Å²) in [6.45, 7) is 6.00. The fraction of sp³-hybridized carbons (Fsp3) is 0.500. The molecule has 3 aliphatic heterocycles. The molecule has 176 valence electrons. The average Bonchev–Trinajstić information content (AvgIpc) is 3.37. The number of rotatable bonds is 5. The maximum atomic E-state index is 13.6. The zero-order valence-corrected chi connectivity index (χ0v) is 20.3. The molecule has 0 N–H and O–H groups in total. The predicted octanol–water partition coefficient (Wildman–Crippen LogP) is 4.11. The minimum atomic E-state index is 0.129. The lowest BCUT2D eigenvalue weighted by atomic mass is 9.90. The van der Waals surface area contributed by atoms with E-state index in [0.29, 0.717) is 29.7 Å². The van der Waals surface area contributed by atoms with Crippen molar-refractivity contribution < 1.29 is 9.53 Å². The van der Waals surface area contributed by atoms with Crippen LogP contribution in [0.15, 0.2) is 48.5 Å². The third kappa shape index (κ3) is 5.08. The van der Waals surface area contributed by atoms with E-state index in [1.165, 1.54) is 18.4 Å². The van der Waals surface area contributed by atoms with Crippen LogP contribution in [0.4, 0.5) is 0 Å². The molecule has 5 rings (SSSR count). The smallest absolute Gasteiger partial charge is 0.227 e. The quantitative estimate of drug-likeness (QED) is 0.635. The van der Waals surface area contributed by atoms with Gasteiger partial charge in [0, 0.05) is 19.6 Å². The predicted molar refractivity (Wildman–Crippen MR) is 132 cm³/mol. The maximum absolute atomic E-state index is 13.6. The molecule has 7 heteroatoms. The monoisotopic (exact) mass is 487 g/mol. The van der Waals surface area contributed by atoms with Gasteiger partial charge < -0.3 is 9.64 Å². The van der Waals surface area contributed by atoms with Gasteiger partial charge in [-0.15, -0.1) is 0 Å². The summed E-state index contributed by atoms with van der Waals surface area (Å²) in [5.74, 6) is 0.161. The van der Waals surface area contributed by atoms with Gasteiger partial charge in [0.05, 0.1) is 47.8 Å². The van der Waals surface area contributed by atoms with Crippen LogP contribution in [0.25, 0.3) is 0 Å². The molecule has 0 radical (unpaired) electrons. The van der Waals surface area contributed by atoms with E-state index in [9.17, 15) is 4.79 Å². The fourth-order valence-corrected chi connectivity index (χ4v) is 6.00. The van der Waals surface area contributed by atoms with Crippen molar-refractivity contribution in [1.29, 1.82) is 0 Å². The van der Waals surface area contributed by atoms with Crippen LogP contribution in [0, 0.1) is 0 Å². The summed E-state index contributed by atoms with van der Waals surface area (Å²) in [4.78, 5) is 20.8. The molecule has 5 nitrogen and oxygen atoms in total. The molecule has 0 bridgehead atoms. The number of hydrogen-bond acceptors (Lipinski definition) is 4. The van der Waals surface area contributed by atoms with E-state index >= 15 is 0 Å². The van der Waals surface area contributed by atoms with Crippen LogP contribution in [0.5, 0.6) is 0 Å².